The quantitative estimate of drug-likeness (QED) is 0.775. The van der Waals surface area contributed by atoms with Crippen LogP contribution in [0.25, 0.3) is 0 Å². The van der Waals surface area contributed by atoms with Gasteiger partial charge in [-0.15, -0.1) is 0 Å². The van der Waals surface area contributed by atoms with Crippen molar-refractivity contribution >= 4 is 22.2 Å². The van der Waals surface area contributed by atoms with Gasteiger partial charge in [0.25, 0.3) is 0 Å². The molecule has 0 radical (unpaired) electrons. The molecule has 0 saturated carbocycles. The number of nitrogen functional groups attached to an aromatic ring is 1. The molecule has 1 aromatic carbocycles. The van der Waals surface area contributed by atoms with Crippen molar-refractivity contribution in [3.8, 4) is 0 Å². The molecule has 3 N–H and O–H groups in total. The Morgan fingerprint density at radius 3 is 2.69 bits per heavy atom. The molecule has 0 bridgehead atoms. The third-order valence-electron chi connectivity index (χ3n) is 2.35. The highest BCUT2D eigenvalue weighted by Gasteiger charge is 2.04. The maximum absolute atomic E-state index is 11.0. The lowest BCUT2D eigenvalue weighted by Crippen LogP contribution is -2.18. The standard InChI is InChI=1S/C12H20N2OS/c1-9-6-11(13)8-12(7-9)14-10(2)4-5-16(3)15/h6-8,10,14H,4-5,13H2,1-3H3. The molecule has 0 amide bonds. The molecule has 0 saturated heterocycles. The van der Waals surface area contributed by atoms with Crippen LogP contribution in [-0.4, -0.2) is 22.3 Å². The van der Waals surface area contributed by atoms with E-state index in [2.05, 4.69) is 18.3 Å². The third kappa shape index (κ3) is 4.66. The van der Waals surface area contributed by atoms with Gasteiger partial charge in [0, 0.05) is 40.2 Å². The molecule has 2 atom stereocenters. The molecular formula is C12H20N2OS. The summed E-state index contributed by atoms with van der Waals surface area (Å²) in [5, 5.41) is 3.36. The van der Waals surface area contributed by atoms with Crippen LogP contribution >= 0.6 is 0 Å². The van der Waals surface area contributed by atoms with Crippen molar-refractivity contribution in [2.24, 2.45) is 0 Å². The maximum atomic E-state index is 11.0. The van der Waals surface area contributed by atoms with Gasteiger partial charge in [0.1, 0.15) is 0 Å². The summed E-state index contributed by atoms with van der Waals surface area (Å²) in [5.41, 5.74) is 8.72. The van der Waals surface area contributed by atoms with E-state index in [9.17, 15) is 4.21 Å². The first-order chi connectivity index (χ1) is 7.47. The number of aryl methyl sites for hydroxylation is 1. The highest BCUT2D eigenvalue weighted by Crippen LogP contribution is 2.17. The first-order valence-electron chi connectivity index (χ1n) is 5.41. The number of nitrogens with one attached hydrogen (secondary N) is 1. The van der Waals surface area contributed by atoms with E-state index < -0.39 is 10.8 Å². The van der Waals surface area contributed by atoms with Crippen LogP contribution < -0.4 is 11.1 Å². The minimum absolute atomic E-state index is 0.310. The van der Waals surface area contributed by atoms with Gasteiger partial charge in [0.15, 0.2) is 0 Å². The minimum Gasteiger partial charge on any atom is -0.399 e. The molecule has 0 aliphatic rings. The van der Waals surface area contributed by atoms with Gasteiger partial charge < -0.3 is 11.1 Å². The zero-order valence-electron chi connectivity index (χ0n) is 10.1. The van der Waals surface area contributed by atoms with Gasteiger partial charge in [0.05, 0.1) is 0 Å². The SMILES string of the molecule is Cc1cc(N)cc(NC(C)CCS(C)=O)c1. The van der Waals surface area contributed by atoms with Crippen molar-refractivity contribution in [2.45, 2.75) is 26.3 Å². The predicted octanol–water partition coefficient (Wildman–Crippen LogP) is 2.15. The Bertz CT molecular complexity index is 359. The van der Waals surface area contributed by atoms with Crippen LogP contribution in [0.2, 0.25) is 0 Å². The molecule has 0 aliphatic heterocycles. The van der Waals surface area contributed by atoms with E-state index >= 15 is 0 Å². The van der Waals surface area contributed by atoms with Crippen LogP contribution in [0.15, 0.2) is 18.2 Å². The summed E-state index contributed by atoms with van der Waals surface area (Å²) in [6.45, 7) is 4.11. The number of rotatable bonds is 5. The fourth-order valence-corrected chi connectivity index (χ4v) is 2.28. The Hall–Kier alpha value is -1.03. The molecule has 90 valence electrons. The minimum atomic E-state index is -0.718. The molecule has 0 aliphatic carbocycles. The number of hydrogen-bond donors (Lipinski definition) is 2. The number of nitrogens with two attached hydrogens (primary N) is 1. The van der Waals surface area contributed by atoms with Crippen LogP contribution in [0.3, 0.4) is 0 Å². The molecule has 1 aromatic rings. The van der Waals surface area contributed by atoms with Gasteiger partial charge in [-0.1, -0.05) is 0 Å². The Balaban J connectivity index is 2.55. The summed E-state index contributed by atoms with van der Waals surface area (Å²) in [7, 11) is -0.718. The summed E-state index contributed by atoms with van der Waals surface area (Å²) >= 11 is 0. The number of hydrogen-bond acceptors (Lipinski definition) is 3. The van der Waals surface area contributed by atoms with E-state index in [4.69, 9.17) is 5.73 Å². The average Bonchev–Trinajstić information content (AvgIpc) is 2.12. The highest BCUT2D eigenvalue weighted by molar-refractivity contribution is 7.84. The van der Waals surface area contributed by atoms with E-state index in [0.717, 1.165) is 29.1 Å². The van der Waals surface area contributed by atoms with E-state index in [1.807, 2.05) is 19.1 Å². The second-order valence-corrected chi connectivity index (χ2v) is 5.80. The van der Waals surface area contributed by atoms with Gasteiger partial charge in [0.2, 0.25) is 0 Å². The van der Waals surface area contributed by atoms with Gasteiger partial charge in [-0.25, -0.2) is 0 Å². The smallest absolute Gasteiger partial charge is 0.0365 e. The fourth-order valence-electron chi connectivity index (χ4n) is 1.60. The van der Waals surface area contributed by atoms with Crippen LogP contribution in [0.5, 0.6) is 0 Å². The summed E-state index contributed by atoms with van der Waals surface area (Å²) in [5.74, 6) is 0.732. The molecular weight excluding hydrogens is 220 g/mol. The van der Waals surface area contributed by atoms with E-state index in [1.165, 1.54) is 0 Å². The second-order valence-electron chi connectivity index (χ2n) is 4.24. The normalized spacial score (nSPS) is 14.4. The summed E-state index contributed by atoms with van der Waals surface area (Å²) < 4.78 is 11.0. The lowest BCUT2D eigenvalue weighted by molar-refractivity contribution is 0.678. The molecule has 16 heavy (non-hydrogen) atoms. The van der Waals surface area contributed by atoms with Crippen LogP contribution in [0.4, 0.5) is 11.4 Å². The maximum Gasteiger partial charge on any atom is 0.0365 e. The van der Waals surface area contributed by atoms with Crippen molar-refractivity contribution in [3.63, 3.8) is 0 Å². The van der Waals surface area contributed by atoms with Crippen LogP contribution in [0, 0.1) is 6.92 Å². The summed E-state index contributed by atoms with van der Waals surface area (Å²) in [6.07, 6.45) is 2.63. The summed E-state index contributed by atoms with van der Waals surface area (Å²) in [6, 6.07) is 6.24. The summed E-state index contributed by atoms with van der Waals surface area (Å²) in [4.78, 5) is 0. The molecule has 1 rings (SSSR count). The van der Waals surface area contributed by atoms with Crippen molar-refractivity contribution in [3.05, 3.63) is 23.8 Å². The highest BCUT2D eigenvalue weighted by atomic mass is 32.2. The molecule has 3 nitrogen and oxygen atoms in total. The molecule has 0 heterocycles. The third-order valence-corrected chi connectivity index (χ3v) is 3.16. The van der Waals surface area contributed by atoms with Crippen molar-refractivity contribution < 1.29 is 4.21 Å². The Morgan fingerprint density at radius 2 is 2.12 bits per heavy atom. The lowest BCUT2D eigenvalue weighted by atomic mass is 10.1. The van der Waals surface area contributed by atoms with Crippen LogP contribution in [-0.2, 0) is 10.8 Å². The average molecular weight is 240 g/mol. The first-order valence-corrected chi connectivity index (χ1v) is 7.14. The Kier molecular flexibility index (Phi) is 4.80. The first kappa shape index (κ1) is 13.0. The van der Waals surface area contributed by atoms with E-state index in [0.29, 0.717) is 6.04 Å². The largest absolute Gasteiger partial charge is 0.399 e. The lowest BCUT2D eigenvalue weighted by Gasteiger charge is -2.15. The monoisotopic (exact) mass is 240 g/mol. The zero-order valence-corrected chi connectivity index (χ0v) is 10.9. The number of anilines is 2. The van der Waals surface area contributed by atoms with Crippen LogP contribution in [0.1, 0.15) is 18.9 Å². The molecule has 2 unspecified atom stereocenters. The van der Waals surface area contributed by atoms with Gasteiger partial charge >= 0.3 is 0 Å². The van der Waals surface area contributed by atoms with Gasteiger partial charge in [-0.2, -0.15) is 0 Å². The Labute approximate surface area is 99.9 Å². The predicted molar refractivity (Wildman–Crippen MR) is 72.2 cm³/mol. The topological polar surface area (TPSA) is 55.1 Å². The molecule has 4 heteroatoms. The van der Waals surface area contributed by atoms with Crippen molar-refractivity contribution in [1.82, 2.24) is 0 Å². The fraction of sp³-hybridized carbons (Fsp3) is 0.500. The zero-order chi connectivity index (χ0) is 12.1. The second kappa shape index (κ2) is 5.89. The molecule has 0 spiro atoms. The van der Waals surface area contributed by atoms with Crippen molar-refractivity contribution in [1.29, 1.82) is 0 Å². The van der Waals surface area contributed by atoms with Crippen molar-refractivity contribution in [2.75, 3.05) is 23.1 Å². The van der Waals surface area contributed by atoms with E-state index in [-0.39, 0.29) is 0 Å². The molecule has 0 fully saturated rings. The van der Waals surface area contributed by atoms with Gasteiger partial charge in [-0.3, -0.25) is 4.21 Å². The Morgan fingerprint density at radius 1 is 1.44 bits per heavy atom. The molecule has 0 aromatic heterocycles. The number of benzene rings is 1. The van der Waals surface area contributed by atoms with E-state index in [1.54, 1.807) is 6.26 Å². The van der Waals surface area contributed by atoms with Gasteiger partial charge in [-0.05, 0) is 44.0 Å².